The Balaban J connectivity index is 1.24. The van der Waals surface area contributed by atoms with Crippen molar-refractivity contribution in [3.63, 3.8) is 0 Å². The van der Waals surface area contributed by atoms with Crippen molar-refractivity contribution in [2.24, 2.45) is 34.5 Å². The molecular weight excluding hydrogens is 445 g/mol. The number of ether oxygens (including phenoxy) is 1. The van der Waals surface area contributed by atoms with Crippen LogP contribution in [0.1, 0.15) is 94.0 Å². The second kappa shape index (κ2) is 7.94. The molecule has 4 saturated carbocycles. The van der Waals surface area contributed by atoms with E-state index in [0.717, 1.165) is 36.7 Å². The van der Waals surface area contributed by atoms with Crippen molar-refractivity contribution < 1.29 is 23.8 Å². The molecule has 6 heteroatoms. The molecule has 2 bridgehead atoms. The number of hydrogen-bond acceptors (Lipinski definition) is 3. The number of aliphatic carboxylic acids is 1. The van der Waals surface area contributed by atoms with Crippen LogP contribution in [0.2, 0.25) is 0 Å². The molecule has 1 aromatic carbocycles. The van der Waals surface area contributed by atoms with E-state index in [0.29, 0.717) is 24.8 Å². The molecule has 5 atom stereocenters. The van der Waals surface area contributed by atoms with Crippen molar-refractivity contribution in [3.05, 3.63) is 29.1 Å². The van der Waals surface area contributed by atoms with Gasteiger partial charge in [0.25, 0.3) is 5.91 Å². The first kappa shape index (κ1) is 23.3. The van der Waals surface area contributed by atoms with Crippen LogP contribution in [0.5, 0.6) is 5.75 Å². The first-order valence-corrected chi connectivity index (χ1v) is 13.6. The molecule has 1 aromatic rings. The smallest absolute Gasteiger partial charge is 0.326 e. The molecule has 1 N–H and O–H groups in total. The lowest BCUT2D eigenvalue weighted by molar-refractivity contribution is -0.142. The van der Waals surface area contributed by atoms with Gasteiger partial charge in [-0.2, -0.15) is 0 Å². The third-order valence-electron chi connectivity index (χ3n) is 10.4. The average Bonchev–Trinajstić information content (AvgIpc) is 3.64. The van der Waals surface area contributed by atoms with Crippen LogP contribution in [-0.2, 0) is 4.79 Å². The molecule has 6 rings (SSSR count). The Hall–Kier alpha value is -2.11. The van der Waals surface area contributed by atoms with Crippen LogP contribution in [0.3, 0.4) is 0 Å². The molecule has 1 aliphatic heterocycles. The van der Waals surface area contributed by atoms with Gasteiger partial charge in [0.2, 0.25) is 0 Å². The van der Waals surface area contributed by atoms with Crippen LogP contribution in [0, 0.1) is 40.3 Å². The first-order valence-electron chi connectivity index (χ1n) is 13.6. The van der Waals surface area contributed by atoms with Gasteiger partial charge in [-0.15, -0.1) is 0 Å². The van der Waals surface area contributed by atoms with E-state index < -0.39 is 23.7 Å². The number of carbonyl (C=O) groups is 2. The summed E-state index contributed by atoms with van der Waals surface area (Å²) < 4.78 is 21.8. The summed E-state index contributed by atoms with van der Waals surface area (Å²) >= 11 is 0. The lowest BCUT2D eigenvalue weighted by Crippen LogP contribution is -2.45. The Kier molecular flexibility index (Phi) is 5.29. The topological polar surface area (TPSA) is 66.8 Å². The molecule has 5 fully saturated rings. The van der Waals surface area contributed by atoms with Crippen LogP contribution >= 0.6 is 0 Å². The van der Waals surface area contributed by atoms with Gasteiger partial charge in [-0.3, -0.25) is 4.79 Å². The van der Waals surface area contributed by atoms with E-state index in [1.807, 2.05) is 0 Å². The summed E-state index contributed by atoms with van der Waals surface area (Å²) in [5.74, 6) is 0.474. The van der Waals surface area contributed by atoms with E-state index in [1.165, 1.54) is 43.1 Å². The van der Waals surface area contributed by atoms with Crippen molar-refractivity contribution >= 4 is 11.9 Å². The van der Waals surface area contributed by atoms with Gasteiger partial charge in [0.1, 0.15) is 17.6 Å². The van der Waals surface area contributed by atoms with Crippen molar-refractivity contribution in [1.82, 2.24) is 4.90 Å². The zero-order valence-corrected chi connectivity index (χ0v) is 21.2. The minimum Gasteiger partial charge on any atom is -0.493 e. The average molecular weight is 484 g/mol. The highest BCUT2D eigenvalue weighted by Gasteiger charge is 2.69. The van der Waals surface area contributed by atoms with Gasteiger partial charge >= 0.3 is 5.97 Å². The van der Waals surface area contributed by atoms with Crippen LogP contribution in [-0.4, -0.2) is 41.1 Å². The van der Waals surface area contributed by atoms with E-state index >= 15 is 4.39 Å². The largest absolute Gasteiger partial charge is 0.493 e. The molecule has 1 saturated heterocycles. The maximum absolute atomic E-state index is 15.4. The number of nitrogens with zero attached hydrogens (tertiary/aromatic N) is 1. The second-order valence-corrected chi connectivity index (χ2v) is 12.9. The number of carbonyl (C=O) groups excluding carboxylic acids is 1. The highest BCUT2D eigenvalue weighted by Crippen LogP contribution is 2.65. The summed E-state index contributed by atoms with van der Waals surface area (Å²) in [5, 5.41) is 9.85. The Labute approximate surface area is 207 Å². The summed E-state index contributed by atoms with van der Waals surface area (Å²) in [4.78, 5) is 26.9. The number of halogens is 1. The van der Waals surface area contributed by atoms with Gasteiger partial charge in [-0.25, -0.2) is 9.18 Å². The fourth-order valence-electron chi connectivity index (χ4n) is 8.10. The number of rotatable bonds is 7. The van der Waals surface area contributed by atoms with Gasteiger partial charge < -0.3 is 14.7 Å². The highest BCUT2D eigenvalue weighted by molar-refractivity contribution is 5.98. The predicted molar refractivity (Wildman–Crippen MR) is 130 cm³/mol. The van der Waals surface area contributed by atoms with Crippen molar-refractivity contribution in [3.8, 4) is 5.75 Å². The molecule has 5 aliphatic rings. The molecule has 3 unspecified atom stereocenters. The fourth-order valence-corrected chi connectivity index (χ4v) is 8.10. The zero-order valence-electron chi connectivity index (χ0n) is 21.2. The molecule has 190 valence electrons. The molecule has 35 heavy (non-hydrogen) atoms. The standard InChI is InChI=1S/C29H38FNO4/c1-4-29(12-16-5-6-17(9-16)13-29)15-35-23-11-22(30)20(10-19(23)18-7-8-18)26(32)31-14-21-24(28(21,2)3)25(31)27(33)34/h10-11,16-18,21,24-25H,4-9,12-15H2,1-3H3,(H,33,34)/t16?,17?,21?,24-,25-,29?/m0/s1. The van der Waals surface area contributed by atoms with Crippen molar-refractivity contribution in [2.75, 3.05) is 13.2 Å². The first-order chi connectivity index (χ1) is 16.6. The molecule has 4 aliphatic carbocycles. The number of piperidine rings is 1. The second-order valence-electron chi connectivity index (χ2n) is 12.9. The van der Waals surface area contributed by atoms with E-state index in [4.69, 9.17) is 4.74 Å². The Morgan fingerprint density at radius 2 is 1.83 bits per heavy atom. The Bertz CT molecular complexity index is 1050. The normalized spacial score (nSPS) is 36.7. The summed E-state index contributed by atoms with van der Waals surface area (Å²) in [6.45, 7) is 7.34. The summed E-state index contributed by atoms with van der Waals surface area (Å²) in [7, 11) is 0. The highest BCUT2D eigenvalue weighted by atomic mass is 19.1. The van der Waals surface area contributed by atoms with Crippen molar-refractivity contribution in [1.29, 1.82) is 0 Å². The fraction of sp³-hybridized carbons (Fsp3) is 0.724. The number of fused-ring (bicyclic) bond motifs is 3. The quantitative estimate of drug-likeness (QED) is 0.527. The van der Waals surface area contributed by atoms with E-state index in [9.17, 15) is 14.7 Å². The number of benzene rings is 1. The van der Waals surface area contributed by atoms with Crippen LogP contribution in [0.25, 0.3) is 0 Å². The van der Waals surface area contributed by atoms with Gasteiger partial charge in [0.05, 0.1) is 12.2 Å². The molecule has 0 aromatic heterocycles. The van der Waals surface area contributed by atoms with Crippen LogP contribution in [0.15, 0.2) is 12.1 Å². The van der Waals surface area contributed by atoms with Gasteiger partial charge in [-0.1, -0.05) is 33.6 Å². The van der Waals surface area contributed by atoms with E-state index in [1.54, 1.807) is 6.07 Å². The Morgan fingerprint density at radius 3 is 2.43 bits per heavy atom. The molecule has 1 amide bonds. The monoisotopic (exact) mass is 483 g/mol. The van der Waals surface area contributed by atoms with Gasteiger partial charge in [0.15, 0.2) is 0 Å². The van der Waals surface area contributed by atoms with Gasteiger partial charge in [0, 0.05) is 23.9 Å². The van der Waals surface area contributed by atoms with Crippen LogP contribution < -0.4 is 4.74 Å². The van der Waals surface area contributed by atoms with Crippen LogP contribution in [0.4, 0.5) is 4.39 Å². The lowest BCUT2D eigenvalue weighted by Gasteiger charge is -2.40. The SMILES string of the molecule is CCC1(COc2cc(F)c(C(=O)N3CC4[C@@H]([C@H]3C(=O)O)C4(C)C)cc2C2CC2)CC2CCC(C2)C1. The Morgan fingerprint density at radius 1 is 1.14 bits per heavy atom. The summed E-state index contributed by atoms with van der Waals surface area (Å²) in [6.07, 6.45) is 9.51. The minimum atomic E-state index is -0.995. The molecule has 1 heterocycles. The number of carboxylic acids is 1. The number of amides is 1. The number of hydrogen-bond donors (Lipinski definition) is 1. The summed E-state index contributed by atoms with van der Waals surface area (Å²) in [6, 6.07) is 2.19. The predicted octanol–water partition coefficient (Wildman–Crippen LogP) is 5.87. The lowest BCUT2D eigenvalue weighted by atomic mass is 9.68. The number of likely N-dealkylation sites (tertiary alicyclic amines) is 1. The summed E-state index contributed by atoms with van der Waals surface area (Å²) in [5.41, 5.74) is 0.985. The third-order valence-corrected chi connectivity index (χ3v) is 10.4. The third kappa shape index (κ3) is 3.77. The number of carboxylic acid groups (broad SMARTS) is 1. The van der Waals surface area contributed by atoms with Crippen molar-refractivity contribution in [2.45, 2.75) is 84.1 Å². The maximum Gasteiger partial charge on any atom is 0.326 e. The zero-order chi connectivity index (χ0) is 24.7. The molecule has 5 nitrogen and oxygen atoms in total. The van der Waals surface area contributed by atoms with Gasteiger partial charge in [-0.05, 0) is 79.2 Å². The maximum atomic E-state index is 15.4. The molecule has 0 spiro atoms. The molecular formula is C29H38FNO4. The van der Waals surface area contributed by atoms with E-state index in [2.05, 4.69) is 20.8 Å². The van der Waals surface area contributed by atoms with E-state index in [-0.39, 0.29) is 28.2 Å². The minimum absolute atomic E-state index is 0.00878. The molecule has 0 radical (unpaired) electrons.